The van der Waals surface area contributed by atoms with Crippen molar-refractivity contribution in [3.05, 3.63) is 53.5 Å². The largest absolute Gasteiger partial charge is 0.296 e. The predicted octanol–water partition coefficient (Wildman–Crippen LogP) is 2.91. The van der Waals surface area contributed by atoms with E-state index in [9.17, 15) is 9.18 Å². The lowest BCUT2D eigenvalue weighted by Gasteiger charge is -2.19. The zero-order valence-electron chi connectivity index (χ0n) is 12.2. The molecule has 2 rings (SSSR count). The smallest absolute Gasteiger partial charge is 0.228 e. The summed E-state index contributed by atoms with van der Waals surface area (Å²) in [7, 11) is 0. The zero-order valence-corrected chi connectivity index (χ0v) is 12.2. The fourth-order valence-corrected chi connectivity index (χ4v) is 2.08. The Morgan fingerprint density at radius 3 is 2.67 bits per heavy atom. The molecule has 0 aliphatic carbocycles. The van der Waals surface area contributed by atoms with Gasteiger partial charge in [0.15, 0.2) is 5.82 Å². The highest BCUT2D eigenvalue weighted by Crippen LogP contribution is 2.13. The van der Waals surface area contributed by atoms with Gasteiger partial charge < -0.3 is 0 Å². The Balaban J connectivity index is 2.02. The Hall–Kier alpha value is -2.30. The minimum atomic E-state index is -0.281. The molecule has 0 radical (unpaired) electrons. The Bertz CT molecular complexity index is 613. The highest BCUT2D eigenvalue weighted by atomic mass is 19.1. The quantitative estimate of drug-likeness (QED) is 0.849. The normalized spacial score (nSPS) is 10.4. The Morgan fingerprint density at radius 1 is 1.24 bits per heavy atom. The molecule has 0 aliphatic heterocycles. The monoisotopic (exact) mass is 287 g/mol. The molecule has 2 aromatic rings. The summed E-state index contributed by atoms with van der Waals surface area (Å²) in [6.45, 7) is 4.26. The molecule has 1 aromatic carbocycles. The maximum absolute atomic E-state index is 13.1. The number of anilines is 1. The minimum absolute atomic E-state index is 0.0417. The van der Waals surface area contributed by atoms with Gasteiger partial charge in [0.25, 0.3) is 0 Å². The fourth-order valence-electron chi connectivity index (χ4n) is 2.08. The van der Waals surface area contributed by atoms with Crippen molar-refractivity contribution in [2.75, 3.05) is 11.4 Å². The van der Waals surface area contributed by atoms with Gasteiger partial charge in [-0.05, 0) is 50.1 Å². The molecule has 0 atom stereocenters. The van der Waals surface area contributed by atoms with Crippen molar-refractivity contribution in [3.8, 4) is 0 Å². The first-order valence-electron chi connectivity index (χ1n) is 6.95. The van der Waals surface area contributed by atoms with Gasteiger partial charge in [-0.2, -0.15) is 5.10 Å². The number of carbonyl (C=O) groups is 1. The Labute approximate surface area is 123 Å². The van der Waals surface area contributed by atoms with Crippen molar-refractivity contribution >= 4 is 11.7 Å². The third-order valence-electron chi connectivity index (χ3n) is 3.19. The van der Waals surface area contributed by atoms with Crippen LogP contribution in [0.5, 0.6) is 0 Å². The van der Waals surface area contributed by atoms with E-state index in [1.807, 2.05) is 26.0 Å². The number of halogens is 1. The van der Waals surface area contributed by atoms with Crippen LogP contribution in [-0.2, 0) is 11.2 Å². The second-order valence-corrected chi connectivity index (χ2v) is 4.80. The number of hydrogen-bond acceptors (Lipinski definition) is 3. The fraction of sp³-hybridized carbons (Fsp3) is 0.312. The molecule has 0 N–H and O–H groups in total. The Morgan fingerprint density at radius 2 is 2.05 bits per heavy atom. The van der Waals surface area contributed by atoms with Crippen molar-refractivity contribution in [2.24, 2.45) is 0 Å². The summed E-state index contributed by atoms with van der Waals surface area (Å²) in [4.78, 5) is 13.9. The highest BCUT2D eigenvalue weighted by Gasteiger charge is 2.15. The lowest BCUT2D eigenvalue weighted by atomic mass is 10.1. The number of nitrogens with zero attached hydrogens (tertiary/aromatic N) is 3. The van der Waals surface area contributed by atoms with Gasteiger partial charge in [0.2, 0.25) is 5.91 Å². The van der Waals surface area contributed by atoms with Gasteiger partial charge in [0.05, 0.1) is 5.69 Å². The molecular weight excluding hydrogens is 269 g/mol. The molecule has 5 heteroatoms. The van der Waals surface area contributed by atoms with Gasteiger partial charge in [0, 0.05) is 13.0 Å². The average Bonchev–Trinajstić information content (AvgIpc) is 2.48. The van der Waals surface area contributed by atoms with E-state index < -0.39 is 0 Å². The predicted molar refractivity (Wildman–Crippen MR) is 79.5 cm³/mol. The molecule has 0 saturated carbocycles. The third kappa shape index (κ3) is 4.08. The highest BCUT2D eigenvalue weighted by molar-refractivity contribution is 5.92. The number of aromatic nitrogens is 2. The number of hydrogen-bond donors (Lipinski definition) is 0. The van der Waals surface area contributed by atoms with Crippen LogP contribution in [0.15, 0.2) is 36.4 Å². The maximum atomic E-state index is 13.1. The van der Waals surface area contributed by atoms with Crippen molar-refractivity contribution in [1.82, 2.24) is 10.2 Å². The summed E-state index contributed by atoms with van der Waals surface area (Å²) in [5.74, 6) is 0.226. The molecular formula is C16H18FN3O. The lowest BCUT2D eigenvalue weighted by Crippen LogP contribution is -2.31. The molecule has 0 spiro atoms. The van der Waals surface area contributed by atoms with Gasteiger partial charge in [-0.1, -0.05) is 12.1 Å². The van der Waals surface area contributed by atoms with Crippen LogP contribution < -0.4 is 4.90 Å². The summed E-state index contributed by atoms with van der Waals surface area (Å²) < 4.78 is 13.1. The summed E-state index contributed by atoms with van der Waals surface area (Å²) in [6.07, 6.45) is 0.819. The van der Waals surface area contributed by atoms with Crippen LogP contribution in [0.4, 0.5) is 10.2 Å². The van der Waals surface area contributed by atoms with E-state index in [1.54, 1.807) is 17.0 Å². The molecule has 1 amide bonds. The molecule has 1 aromatic heterocycles. The van der Waals surface area contributed by atoms with E-state index in [0.29, 0.717) is 25.2 Å². The number of rotatable bonds is 5. The van der Waals surface area contributed by atoms with Crippen LogP contribution in [-0.4, -0.2) is 22.6 Å². The zero-order chi connectivity index (χ0) is 15.2. The second-order valence-electron chi connectivity index (χ2n) is 4.80. The van der Waals surface area contributed by atoms with E-state index in [4.69, 9.17) is 0 Å². The van der Waals surface area contributed by atoms with Crippen LogP contribution in [0.25, 0.3) is 0 Å². The lowest BCUT2D eigenvalue weighted by molar-refractivity contribution is -0.118. The Kier molecular flexibility index (Phi) is 4.98. The number of carbonyl (C=O) groups excluding carboxylic acids is 1. The van der Waals surface area contributed by atoms with E-state index in [0.717, 1.165) is 11.3 Å². The van der Waals surface area contributed by atoms with Crippen molar-refractivity contribution in [2.45, 2.75) is 26.7 Å². The van der Waals surface area contributed by atoms with E-state index in [-0.39, 0.29) is 11.7 Å². The molecule has 0 saturated heterocycles. The number of benzene rings is 1. The van der Waals surface area contributed by atoms with Crippen LogP contribution in [0.1, 0.15) is 24.6 Å². The molecule has 0 fully saturated rings. The van der Waals surface area contributed by atoms with Gasteiger partial charge in [-0.25, -0.2) is 4.39 Å². The topological polar surface area (TPSA) is 46.1 Å². The minimum Gasteiger partial charge on any atom is -0.296 e. The van der Waals surface area contributed by atoms with E-state index in [2.05, 4.69) is 10.2 Å². The van der Waals surface area contributed by atoms with Crippen LogP contribution in [0.3, 0.4) is 0 Å². The molecule has 0 unspecified atom stereocenters. The molecule has 110 valence electrons. The van der Waals surface area contributed by atoms with Crippen LogP contribution in [0, 0.1) is 12.7 Å². The van der Waals surface area contributed by atoms with Crippen LogP contribution in [0.2, 0.25) is 0 Å². The van der Waals surface area contributed by atoms with Crippen molar-refractivity contribution < 1.29 is 9.18 Å². The molecule has 21 heavy (non-hydrogen) atoms. The number of aryl methyl sites for hydroxylation is 2. The van der Waals surface area contributed by atoms with Crippen molar-refractivity contribution in [3.63, 3.8) is 0 Å². The maximum Gasteiger partial charge on any atom is 0.228 e. The first-order chi connectivity index (χ1) is 10.1. The molecule has 1 heterocycles. The molecule has 4 nitrogen and oxygen atoms in total. The summed E-state index contributed by atoms with van der Waals surface area (Å²) in [6, 6.07) is 9.92. The third-order valence-corrected chi connectivity index (χ3v) is 3.19. The van der Waals surface area contributed by atoms with Gasteiger partial charge in [-0.3, -0.25) is 9.69 Å². The number of amides is 1. The summed E-state index contributed by atoms with van der Waals surface area (Å²) in [5, 5.41) is 8.00. The van der Waals surface area contributed by atoms with Gasteiger partial charge >= 0.3 is 0 Å². The molecule has 0 aliphatic rings. The standard InChI is InChI=1S/C16H18FN3O/c1-3-20(15-9-7-12(2)18-19-15)16(21)10-8-13-5-4-6-14(17)11-13/h4-7,9,11H,3,8,10H2,1-2H3. The van der Waals surface area contributed by atoms with Crippen molar-refractivity contribution in [1.29, 1.82) is 0 Å². The average molecular weight is 287 g/mol. The summed E-state index contributed by atoms with van der Waals surface area (Å²) >= 11 is 0. The SMILES string of the molecule is CCN(C(=O)CCc1cccc(F)c1)c1ccc(C)nn1. The van der Waals surface area contributed by atoms with Crippen LogP contribution >= 0.6 is 0 Å². The first kappa shape index (κ1) is 15.1. The van der Waals surface area contributed by atoms with E-state index in [1.165, 1.54) is 12.1 Å². The van der Waals surface area contributed by atoms with Gasteiger partial charge in [-0.15, -0.1) is 5.10 Å². The first-order valence-corrected chi connectivity index (χ1v) is 6.95. The van der Waals surface area contributed by atoms with Gasteiger partial charge in [0.1, 0.15) is 5.82 Å². The molecule has 0 bridgehead atoms. The summed E-state index contributed by atoms with van der Waals surface area (Å²) in [5.41, 5.74) is 1.62. The second kappa shape index (κ2) is 6.92. The van der Waals surface area contributed by atoms with E-state index >= 15 is 0 Å².